The molecule has 0 aliphatic rings. The van der Waals surface area contributed by atoms with Crippen molar-refractivity contribution in [2.45, 2.75) is 13.5 Å². The summed E-state index contributed by atoms with van der Waals surface area (Å²) in [6, 6.07) is 17.1. The van der Waals surface area contributed by atoms with Crippen molar-refractivity contribution >= 4 is 23.2 Å². The molecule has 5 nitrogen and oxygen atoms in total. The Morgan fingerprint density at radius 2 is 1.73 bits per heavy atom. The number of ether oxygens (including phenoxy) is 1. The van der Waals surface area contributed by atoms with Crippen LogP contribution in [0.25, 0.3) is 11.1 Å². The summed E-state index contributed by atoms with van der Waals surface area (Å²) >= 11 is 1.50. The minimum atomic E-state index is -0.495. The number of carbonyl (C=O) groups excluding carboxylic acids is 2. The number of benzene rings is 2. The molecule has 26 heavy (non-hydrogen) atoms. The Balaban J connectivity index is 1.49. The molecule has 0 aliphatic carbocycles. The quantitative estimate of drug-likeness (QED) is 0.677. The van der Waals surface area contributed by atoms with Crippen molar-refractivity contribution in [1.82, 2.24) is 10.3 Å². The summed E-state index contributed by atoms with van der Waals surface area (Å²) in [6.07, 6.45) is 0. The first-order valence-corrected chi connectivity index (χ1v) is 9.00. The number of nitrogens with zero attached hydrogens (tertiary/aromatic N) is 1. The van der Waals surface area contributed by atoms with Gasteiger partial charge in [-0.15, -0.1) is 11.3 Å². The van der Waals surface area contributed by atoms with Crippen molar-refractivity contribution in [2.75, 3.05) is 6.54 Å². The number of esters is 1. The second kappa shape index (κ2) is 8.40. The SMILES string of the molecule is Cc1nc(COC(=O)CNC(=O)c2ccc(-c3ccccc3)cc2)cs1. The lowest BCUT2D eigenvalue weighted by molar-refractivity contribution is -0.143. The van der Waals surface area contributed by atoms with Crippen molar-refractivity contribution in [3.63, 3.8) is 0 Å². The van der Waals surface area contributed by atoms with Crippen LogP contribution in [0.1, 0.15) is 21.1 Å². The van der Waals surface area contributed by atoms with Gasteiger partial charge in [0.05, 0.1) is 10.7 Å². The van der Waals surface area contributed by atoms with E-state index in [1.54, 1.807) is 12.1 Å². The molecule has 0 saturated carbocycles. The van der Waals surface area contributed by atoms with E-state index in [-0.39, 0.29) is 19.1 Å². The van der Waals surface area contributed by atoms with E-state index < -0.39 is 5.97 Å². The van der Waals surface area contributed by atoms with E-state index in [2.05, 4.69) is 10.3 Å². The lowest BCUT2D eigenvalue weighted by Crippen LogP contribution is -2.30. The van der Waals surface area contributed by atoms with Gasteiger partial charge in [-0.05, 0) is 30.2 Å². The molecule has 0 aliphatic heterocycles. The third-order valence-corrected chi connectivity index (χ3v) is 4.52. The summed E-state index contributed by atoms with van der Waals surface area (Å²) in [5, 5.41) is 5.33. The maximum Gasteiger partial charge on any atom is 0.325 e. The summed E-state index contributed by atoms with van der Waals surface area (Å²) < 4.78 is 5.10. The molecule has 0 bridgehead atoms. The zero-order chi connectivity index (χ0) is 18.4. The molecular weight excluding hydrogens is 348 g/mol. The maximum absolute atomic E-state index is 12.1. The van der Waals surface area contributed by atoms with Crippen LogP contribution in [0.4, 0.5) is 0 Å². The van der Waals surface area contributed by atoms with Crippen LogP contribution < -0.4 is 5.32 Å². The fourth-order valence-corrected chi connectivity index (χ4v) is 2.98. The predicted octanol–water partition coefficient (Wildman–Crippen LogP) is 3.59. The van der Waals surface area contributed by atoms with Gasteiger partial charge < -0.3 is 10.1 Å². The Morgan fingerprint density at radius 1 is 1.04 bits per heavy atom. The zero-order valence-corrected chi connectivity index (χ0v) is 15.1. The Bertz CT molecular complexity index is 889. The molecule has 132 valence electrons. The van der Waals surface area contributed by atoms with Gasteiger partial charge in [-0.25, -0.2) is 4.98 Å². The van der Waals surface area contributed by atoms with Crippen molar-refractivity contribution in [3.8, 4) is 11.1 Å². The van der Waals surface area contributed by atoms with Crippen LogP contribution in [0.15, 0.2) is 60.0 Å². The lowest BCUT2D eigenvalue weighted by Gasteiger charge is -2.07. The fourth-order valence-electron chi connectivity index (χ4n) is 2.38. The minimum absolute atomic E-state index is 0.116. The molecule has 0 saturated heterocycles. The van der Waals surface area contributed by atoms with E-state index in [1.165, 1.54) is 11.3 Å². The van der Waals surface area contributed by atoms with E-state index in [0.717, 1.165) is 16.1 Å². The van der Waals surface area contributed by atoms with Gasteiger partial charge in [0.15, 0.2) is 0 Å². The van der Waals surface area contributed by atoms with Gasteiger partial charge in [0, 0.05) is 10.9 Å². The number of aryl methyl sites for hydroxylation is 1. The summed E-state index contributed by atoms with van der Waals surface area (Å²) in [4.78, 5) is 28.1. The fraction of sp³-hybridized carbons (Fsp3) is 0.150. The summed E-state index contributed by atoms with van der Waals surface area (Å²) in [7, 11) is 0. The van der Waals surface area contributed by atoms with Crippen LogP contribution in [0.3, 0.4) is 0 Å². The Kier molecular flexibility index (Phi) is 5.76. The van der Waals surface area contributed by atoms with Crippen molar-refractivity contribution in [2.24, 2.45) is 0 Å². The molecule has 3 aromatic rings. The number of hydrogen-bond acceptors (Lipinski definition) is 5. The number of rotatable bonds is 6. The first-order valence-electron chi connectivity index (χ1n) is 8.12. The monoisotopic (exact) mass is 366 g/mol. The third kappa shape index (κ3) is 4.77. The normalized spacial score (nSPS) is 10.3. The maximum atomic E-state index is 12.1. The largest absolute Gasteiger partial charge is 0.458 e. The Labute approximate surface area is 155 Å². The summed E-state index contributed by atoms with van der Waals surface area (Å²) in [6.45, 7) is 1.83. The highest BCUT2D eigenvalue weighted by Crippen LogP contribution is 2.19. The van der Waals surface area contributed by atoms with Gasteiger partial charge in [-0.3, -0.25) is 9.59 Å². The standard InChI is InChI=1S/C20H18N2O3S/c1-14-22-18(13-26-14)12-25-19(23)11-21-20(24)17-9-7-16(8-10-17)15-5-3-2-4-6-15/h2-10,13H,11-12H2,1H3,(H,21,24). The van der Waals surface area contributed by atoms with E-state index in [1.807, 2.05) is 54.8 Å². The van der Waals surface area contributed by atoms with Crippen molar-refractivity contribution in [1.29, 1.82) is 0 Å². The first-order chi connectivity index (χ1) is 12.6. The van der Waals surface area contributed by atoms with Crippen LogP contribution in [0.5, 0.6) is 0 Å². The van der Waals surface area contributed by atoms with Gasteiger partial charge in [0.2, 0.25) is 0 Å². The number of carbonyl (C=O) groups is 2. The molecular formula is C20H18N2O3S. The molecule has 1 heterocycles. The smallest absolute Gasteiger partial charge is 0.325 e. The van der Waals surface area contributed by atoms with E-state index in [4.69, 9.17) is 4.74 Å². The van der Waals surface area contributed by atoms with Crippen molar-refractivity contribution in [3.05, 3.63) is 76.2 Å². The highest BCUT2D eigenvalue weighted by atomic mass is 32.1. The molecule has 6 heteroatoms. The zero-order valence-electron chi connectivity index (χ0n) is 14.3. The van der Waals surface area contributed by atoms with Gasteiger partial charge >= 0.3 is 5.97 Å². The second-order valence-corrected chi connectivity index (χ2v) is 6.71. The van der Waals surface area contributed by atoms with E-state index in [9.17, 15) is 9.59 Å². The first kappa shape index (κ1) is 17.8. The molecule has 0 atom stereocenters. The van der Waals surface area contributed by atoms with E-state index >= 15 is 0 Å². The minimum Gasteiger partial charge on any atom is -0.458 e. The number of nitrogens with one attached hydrogen (secondary N) is 1. The van der Waals surface area contributed by atoms with E-state index in [0.29, 0.717) is 11.3 Å². The topological polar surface area (TPSA) is 68.3 Å². The second-order valence-electron chi connectivity index (χ2n) is 5.64. The Hall–Kier alpha value is -2.99. The molecule has 3 rings (SSSR count). The number of hydrogen-bond donors (Lipinski definition) is 1. The number of aromatic nitrogens is 1. The molecule has 2 aromatic carbocycles. The number of amides is 1. The molecule has 1 N–H and O–H groups in total. The summed E-state index contributed by atoms with van der Waals surface area (Å²) in [5.74, 6) is -0.809. The van der Waals surface area contributed by atoms with Crippen LogP contribution in [0.2, 0.25) is 0 Å². The van der Waals surface area contributed by atoms with Gasteiger partial charge in [-0.1, -0.05) is 42.5 Å². The third-order valence-electron chi connectivity index (χ3n) is 3.70. The molecule has 0 fully saturated rings. The molecule has 0 spiro atoms. The van der Waals surface area contributed by atoms with Gasteiger partial charge in [0.25, 0.3) is 5.91 Å². The van der Waals surface area contributed by atoms with Crippen LogP contribution in [-0.4, -0.2) is 23.4 Å². The van der Waals surface area contributed by atoms with Crippen LogP contribution >= 0.6 is 11.3 Å². The van der Waals surface area contributed by atoms with Crippen molar-refractivity contribution < 1.29 is 14.3 Å². The van der Waals surface area contributed by atoms with Crippen LogP contribution in [0, 0.1) is 6.92 Å². The highest BCUT2D eigenvalue weighted by molar-refractivity contribution is 7.09. The van der Waals surface area contributed by atoms with Gasteiger partial charge in [-0.2, -0.15) is 0 Å². The number of thiazole rings is 1. The average Bonchev–Trinajstić information content (AvgIpc) is 3.10. The Morgan fingerprint density at radius 3 is 2.38 bits per heavy atom. The average molecular weight is 366 g/mol. The lowest BCUT2D eigenvalue weighted by atomic mass is 10.0. The molecule has 1 amide bonds. The molecule has 0 radical (unpaired) electrons. The highest BCUT2D eigenvalue weighted by Gasteiger charge is 2.10. The molecule has 0 unspecified atom stereocenters. The van der Waals surface area contributed by atoms with Gasteiger partial charge in [0.1, 0.15) is 13.2 Å². The van der Waals surface area contributed by atoms with Crippen LogP contribution in [-0.2, 0) is 16.1 Å². The predicted molar refractivity (Wildman–Crippen MR) is 101 cm³/mol. The molecule has 1 aromatic heterocycles. The summed E-state index contributed by atoms with van der Waals surface area (Å²) in [5.41, 5.74) is 3.32.